The Hall–Kier alpha value is 1.02. The first kappa shape index (κ1) is 31.4. The van der Waals surface area contributed by atoms with Crippen LogP contribution in [0.3, 0.4) is 0 Å². The van der Waals surface area contributed by atoms with Crippen LogP contribution in [0.25, 0.3) is 0 Å². The standard InChI is InChI=1S/C5H9.3F3P.Rh/c1-4-5(2)3;3*1-4(2)3;/h4H,1H2,2-3H3;;;;. The van der Waals surface area contributed by atoms with E-state index in [1.165, 1.54) is 5.57 Å². The fourth-order valence-corrected chi connectivity index (χ4v) is 0. The van der Waals surface area contributed by atoms with Gasteiger partial charge in [0.25, 0.3) is 0 Å². The predicted octanol–water partition coefficient (Wildman–Crippen LogP) is 8.15. The molecule has 13 heteroatoms. The van der Waals surface area contributed by atoms with Gasteiger partial charge in [0.2, 0.25) is 0 Å². The van der Waals surface area contributed by atoms with Gasteiger partial charge in [-0.1, -0.05) is 11.6 Å². The molecule has 0 aliphatic carbocycles. The molecule has 0 spiro atoms. The van der Waals surface area contributed by atoms with Crippen LogP contribution in [0.15, 0.2) is 11.6 Å². The zero-order valence-corrected chi connectivity index (χ0v) is 13.2. The molecule has 0 N–H and O–H groups in total. The summed E-state index contributed by atoms with van der Waals surface area (Å²) >= 11 is 0. The summed E-state index contributed by atoms with van der Waals surface area (Å²) in [7, 11) is -12.4. The van der Waals surface area contributed by atoms with Crippen molar-refractivity contribution < 1.29 is 57.3 Å². The summed E-state index contributed by atoms with van der Waals surface area (Å²) in [5, 5.41) is 0. The first-order valence-electron chi connectivity index (χ1n) is 3.22. The SMILES string of the molecule is FP(F)F.FP(F)F.FP(F)F.[CH2]C=C(C)C.[Rh]. The molecule has 116 valence electrons. The summed E-state index contributed by atoms with van der Waals surface area (Å²) in [5.41, 5.74) is 1.27. The zero-order chi connectivity index (χ0) is 15.0. The van der Waals surface area contributed by atoms with Gasteiger partial charge in [-0.15, -0.1) is 0 Å². The van der Waals surface area contributed by atoms with Gasteiger partial charge in [-0.2, -0.15) is 37.8 Å². The molecule has 2 radical (unpaired) electrons. The monoisotopic (exact) mass is 436 g/mol. The van der Waals surface area contributed by atoms with E-state index in [1.807, 2.05) is 19.9 Å². The molecule has 0 amide bonds. The number of rotatable bonds is 0. The molecule has 0 atom stereocenters. The molecule has 0 aliphatic rings. The Morgan fingerprint density at radius 1 is 0.722 bits per heavy atom. The molecule has 18 heavy (non-hydrogen) atoms. The Morgan fingerprint density at radius 2 is 0.778 bits per heavy atom. The molecule has 0 aromatic carbocycles. The van der Waals surface area contributed by atoms with E-state index in [4.69, 9.17) is 0 Å². The second kappa shape index (κ2) is 26.6. The van der Waals surface area contributed by atoms with E-state index in [9.17, 15) is 37.8 Å². The largest absolute Gasteiger partial charge is 0.456 e. The van der Waals surface area contributed by atoms with Crippen LogP contribution in [-0.2, 0) is 19.5 Å². The third-order valence-electron chi connectivity index (χ3n) is 0.408. The molecule has 0 heterocycles. The van der Waals surface area contributed by atoms with E-state index in [0.29, 0.717) is 0 Å². The topological polar surface area (TPSA) is 0 Å². The van der Waals surface area contributed by atoms with Gasteiger partial charge in [-0.3, -0.25) is 0 Å². The van der Waals surface area contributed by atoms with Crippen molar-refractivity contribution in [3.63, 3.8) is 0 Å². The van der Waals surface area contributed by atoms with Gasteiger partial charge in [0, 0.05) is 19.5 Å². The maximum Gasteiger partial charge on any atom is 0.456 e. The Labute approximate surface area is 117 Å². The summed E-state index contributed by atoms with van der Waals surface area (Å²) in [6.45, 7) is 7.56. The van der Waals surface area contributed by atoms with Crippen molar-refractivity contribution in [2.75, 3.05) is 0 Å². The van der Waals surface area contributed by atoms with Crippen LogP contribution in [-0.4, -0.2) is 0 Å². The minimum atomic E-state index is -4.12. The first-order chi connectivity index (χ1) is 7.47. The van der Waals surface area contributed by atoms with Crippen LogP contribution in [0.4, 0.5) is 37.8 Å². The average molecular weight is 436 g/mol. The Balaban J connectivity index is -0.0000000412. The molecule has 0 aliphatic heterocycles. The quantitative estimate of drug-likeness (QED) is 0.204. The first-order valence-corrected chi connectivity index (χ1v) is 6.26. The summed E-state index contributed by atoms with van der Waals surface area (Å²) < 4.78 is 87.6. The van der Waals surface area contributed by atoms with Gasteiger partial charge in [0.15, 0.2) is 0 Å². The van der Waals surface area contributed by atoms with Gasteiger partial charge in [0.05, 0.1) is 0 Å². The molecule has 0 saturated heterocycles. The summed E-state index contributed by atoms with van der Waals surface area (Å²) in [4.78, 5) is 0. The van der Waals surface area contributed by atoms with E-state index >= 15 is 0 Å². The van der Waals surface area contributed by atoms with Crippen molar-refractivity contribution in [2.24, 2.45) is 0 Å². The van der Waals surface area contributed by atoms with Crippen LogP contribution in [0.1, 0.15) is 13.8 Å². The third-order valence-corrected chi connectivity index (χ3v) is 0.408. The fourth-order valence-electron chi connectivity index (χ4n) is 0. The van der Waals surface area contributed by atoms with Crippen molar-refractivity contribution in [1.82, 2.24) is 0 Å². The second-order valence-electron chi connectivity index (χ2n) is 1.86. The van der Waals surface area contributed by atoms with Crippen molar-refractivity contribution >= 4 is 26.6 Å². The van der Waals surface area contributed by atoms with Crippen LogP contribution in [0.2, 0.25) is 0 Å². The molecular formula is C5H9F9P3Rh. The molecule has 0 aromatic heterocycles. The normalized spacial score (nSPS) is 7.94. The maximum absolute atomic E-state index is 9.73. The minimum Gasteiger partial charge on any atom is -0.152 e. The summed E-state index contributed by atoms with van der Waals surface area (Å²) in [6, 6.07) is 0. The Bertz CT molecular complexity index is 131. The van der Waals surface area contributed by atoms with Crippen molar-refractivity contribution in [3.05, 3.63) is 18.6 Å². The molecule has 0 unspecified atom stereocenters. The van der Waals surface area contributed by atoms with E-state index in [2.05, 4.69) is 6.92 Å². The van der Waals surface area contributed by atoms with Gasteiger partial charge in [-0.05, 0) is 20.8 Å². The van der Waals surface area contributed by atoms with E-state index in [-0.39, 0.29) is 19.5 Å². The van der Waals surface area contributed by atoms with Crippen molar-refractivity contribution in [1.29, 1.82) is 0 Å². The molecule has 0 nitrogen and oxygen atoms in total. The molecular weight excluding hydrogens is 427 g/mol. The number of allylic oxidation sites excluding steroid dienone is 2. The molecule has 0 aromatic rings. The predicted molar refractivity (Wildman–Crippen MR) is 55.5 cm³/mol. The van der Waals surface area contributed by atoms with Crippen LogP contribution < -0.4 is 0 Å². The van der Waals surface area contributed by atoms with Crippen molar-refractivity contribution in [2.45, 2.75) is 13.8 Å². The fraction of sp³-hybridized carbons (Fsp3) is 0.400. The van der Waals surface area contributed by atoms with Gasteiger partial charge in [-0.25, -0.2) is 0 Å². The summed E-state index contributed by atoms with van der Waals surface area (Å²) in [5.74, 6) is 0. The number of hydrogen-bond acceptors (Lipinski definition) is 0. The van der Waals surface area contributed by atoms with Crippen LogP contribution in [0, 0.1) is 6.92 Å². The Morgan fingerprint density at radius 3 is 0.778 bits per heavy atom. The van der Waals surface area contributed by atoms with Crippen LogP contribution in [0.5, 0.6) is 0 Å². The number of hydrogen-bond donors (Lipinski definition) is 0. The van der Waals surface area contributed by atoms with Gasteiger partial charge in [0.1, 0.15) is 0 Å². The van der Waals surface area contributed by atoms with E-state index in [1.54, 1.807) is 0 Å². The van der Waals surface area contributed by atoms with E-state index in [0.717, 1.165) is 0 Å². The van der Waals surface area contributed by atoms with Gasteiger partial charge >= 0.3 is 26.6 Å². The molecule has 0 saturated carbocycles. The van der Waals surface area contributed by atoms with E-state index < -0.39 is 26.6 Å². The van der Waals surface area contributed by atoms with Gasteiger partial charge < -0.3 is 0 Å². The van der Waals surface area contributed by atoms with Crippen LogP contribution >= 0.6 is 26.6 Å². The smallest absolute Gasteiger partial charge is 0.152 e. The third kappa shape index (κ3) is 478. The number of halogens is 9. The minimum absolute atomic E-state index is 0. The molecule has 0 bridgehead atoms. The average Bonchev–Trinajstić information content (AvgIpc) is 2.00. The second-order valence-corrected chi connectivity index (χ2v) is 3.01. The molecule has 0 rings (SSSR count). The summed E-state index contributed by atoms with van der Waals surface area (Å²) in [6.07, 6.45) is 1.83. The van der Waals surface area contributed by atoms with Crippen molar-refractivity contribution in [3.8, 4) is 0 Å². The molecule has 0 fully saturated rings. The maximum atomic E-state index is 9.73. The zero-order valence-electron chi connectivity index (χ0n) is 8.86. The Kier molecular flexibility index (Phi) is 46.4.